The SMILES string of the molecule is Cc1ccc(NC(=O)CCS(=O)(=O)N2CCc3ccccc3C2)cc1C. The molecule has 0 radical (unpaired) electrons. The molecule has 1 amide bonds. The van der Waals surface area contributed by atoms with E-state index >= 15 is 0 Å². The van der Waals surface area contributed by atoms with Crippen LogP contribution in [0.4, 0.5) is 5.69 Å². The molecule has 0 saturated carbocycles. The van der Waals surface area contributed by atoms with Gasteiger partial charge in [0.1, 0.15) is 0 Å². The summed E-state index contributed by atoms with van der Waals surface area (Å²) in [6.07, 6.45) is 0.664. The van der Waals surface area contributed by atoms with Gasteiger partial charge in [-0.25, -0.2) is 8.42 Å². The smallest absolute Gasteiger partial charge is 0.225 e. The third-order valence-corrected chi connectivity index (χ3v) is 6.69. The number of hydrogen-bond acceptors (Lipinski definition) is 3. The van der Waals surface area contributed by atoms with Crippen LogP contribution in [0.15, 0.2) is 42.5 Å². The van der Waals surface area contributed by atoms with Crippen molar-refractivity contribution in [3.63, 3.8) is 0 Å². The Kier molecular flexibility index (Phi) is 5.44. The Morgan fingerprint density at radius 1 is 1.08 bits per heavy atom. The van der Waals surface area contributed by atoms with Crippen LogP contribution in [0, 0.1) is 13.8 Å². The maximum absolute atomic E-state index is 12.6. The fourth-order valence-electron chi connectivity index (χ4n) is 3.10. The molecule has 1 N–H and O–H groups in total. The molecule has 0 aromatic heterocycles. The van der Waals surface area contributed by atoms with E-state index in [4.69, 9.17) is 0 Å². The summed E-state index contributed by atoms with van der Waals surface area (Å²) < 4.78 is 26.7. The quantitative estimate of drug-likeness (QED) is 0.877. The van der Waals surface area contributed by atoms with E-state index < -0.39 is 10.0 Å². The molecular weight excluding hydrogens is 348 g/mol. The van der Waals surface area contributed by atoms with Crippen molar-refractivity contribution >= 4 is 21.6 Å². The van der Waals surface area contributed by atoms with Gasteiger partial charge in [0.05, 0.1) is 5.75 Å². The molecule has 0 unspecified atom stereocenters. The number of anilines is 1. The van der Waals surface area contributed by atoms with E-state index in [9.17, 15) is 13.2 Å². The van der Waals surface area contributed by atoms with Crippen molar-refractivity contribution in [1.82, 2.24) is 4.31 Å². The summed E-state index contributed by atoms with van der Waals surface area (Å²) in [6, 6.07) is 13.6. The summed E-state index contributed by atoms with van der Waals surface area (Å²) >= 11 is 0. The Bertz CT molecular complexity index is 922. The van der Waals surface area contributed by atoms with E-state index in [-0.39, 0.29) is 18.1 Å². The summed E-state index contributed by atoms with van der Waals surface area (Å²) in [5.41, 5.74) is 5.18. The normalized spacial score (nSPS) is 14.7. The zero-order valence-electron chi connectivity index (χ0n) is 15.2. The minimum atomic E-state index is -3.46. The van der Waals surface area contributed by atoms with Crippen LogP contribution in [-0.2, 0) is 27.8 Å². The fraction of sp³-hybridized carbons (Fsp3) is 0.350. The highest BCUT2D eigenvalue weighted by atomic mass is 32.2. The van der Waals surface area contributed by atoms with Gasteiger partial charge in [-0.1, -0.05) is 30.3 Å². The average Bonchev–Trinajstić information content (AvgIpc) is 2.63. The number of hydrogen-bond donors (Lipinski definition) is 1. The largest absolute Gasteiger partial charge is 0.326 e. The first-order valence-corrected chi connectivity index (χ1v) is 10.4. The van der Waals surface area contributed by atoms with Gasteiger partial charge < -0.3 is 5.32 Å². The summed E-state index contributed by atoms with van der Waals surface area (Å²) in [6.45, 7) is 4.84. The van der Waals surface area contributed by atoms with E-state index in [1.54, 1.807) is 0 Å². The summed E-state index contributed by atoms with van der Waals surface area (Å²) in [5.74, 6) is -0.458. The Labute approximate surface area is 155 Å². The van der Waals surface area contributed by atoms with Crippen LogP contribution < -0.4 is 5.32 Å². The number of carbonyl (C=O) groups excluding carboxylic acids is 1. The molecule has 1 aliphatic heterocycles. The first kappa shape index (κ1) is 18.6. The minimum absolute atomic E-state index is 0.0482. The molecule has 0 spiro atoms. The third kappa shape index (κ3) is 4.31. The molecule has 0 aliphatic carbocycles. The number of aryl methyl sites for hydroxylation is 2. The van der Waals surface area contributed by atoms with Crippen molar-refractivity contribution in [2.24, 2.45) is 0 Å². The fourth-order valence-corrected chi connectivity index (χ4v) is 4.51. The zero-order chi connectivity index (χ0) is 18.7. The predicted molar refractivity (Wildman–Crippen MR) is 104 cm³/mol. The average molecular weight is 372 g/mol. The second-order valence-electron chi connectivity index (χ2n) is 6.77. The van der Waals surface area contributed by atoms with Crippen LogP contribution >= 0.6 is 0 Å². The molecular formula is C20H24N2O3S. The van der Waals surface area contributed by atoms with Crippen molar-refractivity contribution in [3.8, 4) is 0 Å². The standard InChI is InChI=1S/C20H24N2O3S/c1-15-7-8-19(13-16(15)2)21-20(23)10-12-26(24,25)22-11-9-17-5-3-4-6-18(17)14-22/h3-8,13H,9-12,14H2,1-2H3,(H,21,23). The lowest BCUT2D eigenvalue weighted by Gasteiger charge is -2.28. The molecule has 0 atom stereocenters. The maximum atomic E-state index is 12.6. The van der Waals surface area contributed by atoms with Crippen molar-refractivity contribution in [2.75, 3.05) is 17.6 Å². The molecule has 6 heteroatoms. The van der Waals surface area contributed by atoms with Gasteiger partial charge in [0.25, 0.3) is 0 Å². The van der Waals surface area contributed by atoms with Gasteiger partial charge in [-0.05, 0) is 54.7 Å². The number of nitrogens with one attached hydrogen (secondary N) is 1. The van der Waals surface area contributed by atoms with Crippen molar-refractivity contribution in [3.05, 3.63) is 64.7 Å². The van der Waals surface area contributed by atoms with Crippen molar-refractivity contribution in [2.45, 2.75) is 33.2 Å². The highest BCUT2D eigenvalue weighted by molar-refractivity contribution is 7.89. The van der Waals surface area contributed by atoms with E-state index in [0.29, 0.717) is 25.2 Å². The Balaban J connectivity index is 1.58. The lowest BCUT2D eigenvalue weighted by molar-refractivity contribution is -0.115. The Morgan fingerprint density at radius 3 is 2.54 bits per heavy atom. The lowest BCUT2D eigenvalue weighted by atomic mass is 10.0. The molecule has 0 bridgehead atoms. The second-order valence-corrected chi connectivity index (χ2v) is 8.85. The number of rotatable bonds is 5. The molecule has 26 heavy (non-hydrogen) atoms. The van der Waals surface area contributed by atoms with E-state index in [2.05, 4.69) is 5.32 Å². The highest BCUT2D eigenvalue weighted by Gasteiger charge is 2.26. The number of sulfonamides is 1. The van der Waals surface area contributed by atoms with Gasteiger partial charge in [0.15, 0.2) is 0 Å². The summed E-state index contributed by atoms with van der Waals surface area (Å²) in [7, 11) is -3.46. The van der Waals surface area contributed by atoms with Crippen molar-refractivity contribution in [1.29, 1.82) is 0 Å². The molecule has 0 saturated heterocycles. The lowest BCUT2D eigenvalue weighted by Crippen LogP contribution is -2.38. The molecule has 3 rings (SSSR count). The molecule has 1 aliphatic rings. The van der Waals surface area contributed by atoms with Crippen LogP contribution in [0.1, 0.15) is 28.7 Å². The van der Waals surface area contributed by atoms with Gasteiger partial charge in [-0.2, -0.15) is 4.31 Å². The third-order valence-electron chi connectivity index (χ3n) is 4.87. The number of fused-ring (bicyclic) bond motifs is 1. The summed E-state index contributed by atoms with van der Waals surface area (Å²) in [4.78, 5) is 12.1. The van der Waals surface area contributed by atoms with Gasteiger partial charge in [0, 0.05) is 25.2 Å². The number of benzene rings is 2. The topological polar surface area (TPSA) is 66.5 Å². The molecule has 2 aromatic carbocycles. The van der Waals surface area contributed by atoms with Crippen molar-refractivity contribution < 1.29 is 13.2 Å². The first-order valence-electron chi connectivity index (χ1n) is 8.77. The zero-order valence-corrected chi connectivity index (χ0v) is 16.0. The van der Waals surface area contributed by atoms with E-state index in [0.717, 1.165) is 16.7 Å². The first-order chi connectivity index (χ1) is 12.3. The minimum Gasteiger partial charge on any atom is -0.326 e. The van der Waals surface area contributed by atoms with Crippen LogP contribution in [0.3, 0.4) is 0 Å². The van der Waals surface area contributed by atoms with Gasteiger partial charge in [-0.3, -0.25) is 4.79 Å². The van der Waals surface area contributed by atoms with Gasteiger partial charge in [-0.15, -0.1) is 0 Å². The van der Waals surface area contributed by atoms with E-state index in [1.807, 2.05) is 56.3 Å². The Hall–Kier alpha value is -2.18. The monoisotopic (exact) mass is 372 g/mol. The van der Waals surface area contributed by atoms with Gasteiger partial charge >= 0.3 is 0 Å². The molecule has 2 aromatic rings. The number of carbonyl (C=O) groups is 1. The second kappa shape index (κ2) is 7.60. The number of nitrogens with zero attached hydrogens (tertiary/aromatic N) is 1. The van der Waals surface area contributed by atoms with Crippen LogP contribution in [0.5, 0.6) is 0 Å². The summed E-state index contributed by atoms with van der Waals surface area (Å²) in [5, 5.41) is 2.78. The van der Waals surface area contributed by atoms with Crippen LogP contribution in [0.25, 0.3) is 0 Å². The van der Waals surface area contributed by atoms with E-state index in [1.165, 1.54) is 9.87 Å². The van der Waals surface area contributed by atoms with Crippen LogP contribution in [-0.4, -0.2) is 30.9 Å². The molecule has 5 nitrogen and oxygen atoms in total. The molecule has 0 fully saturated rings. The molecule has 1 heterocycles. The Morgan fingerprint density at radius 2 is 1.81 bits per heavy atom. The number of amides is 1. The predicted octanol–water partition coefficient (Wildman–Crippen LogP) is 3.02. The molecule has 138 valence electrons. The van der Waals surface area contributed by atoms with Gasteiger partial charge in [0.2, 0.25) is 15.9 Å². The maximum Gasteiger partial charge on any atom is 0.225 e. The van der Waals surface area contributed by atoms with Crippen LogP contribution in [0.2, 0.25) is 0 Å². The highest BCUT2D eigenvalue weighted by Crippen LogP contribution is 2.21.